The number of ether oxygens (including phenoxy) is 3. The van der Waals surface area contributed by atoms with Crippen molar-refractivity contribution >= 4 is 40.9 Å². The minimum absolute atomic E-state index is 0.218. The van der Waals surface area contributed by atoms with Gasteiger partial charge in [0.05, 0.1) is 41.7 Å². The Balaban J connectivity index is 1.67. The molecule has 3 heterocycles. The maximum absolute atomic E-state index is 14.2. The van der Waals surface area contributed by atoms with Crippen molar-refractivity contribution in [1.29, 1.82) is 0 Å². The van der Waals surface area contributed by atoms with Crippen molar-refractivity contribution < 1.29 is 28.2 Å². The predicted molar refractivity (Wildman–Crippen MR) is 181 cm³/mol. The van der Waals surface area contributed by atoms with Gasteiger partial charge in [-0.05, 0) is 83.1 Å². The molecule has 0 unspecified atom stereocenters. The maximum Gasteiger partial charge on any atom is 0.339 e. The fourth-order valence-electron chi connectivity index (χ4n) is 5.50. The van der Waals surface area contributed by atoms with Crippen LogP contribution in [0.4, 0.5) is 0 Å². The van der Waals surface area contributed by atoms with Crippen molar-refractivity contribution in [2.45, 2.75) is 46.8 Å². The van der Waals surface area contributed by atoms with E-state index >= 15 is 0 Å². The Hall–Kier alpha value is -4.61. The Labute approximate surface area is 281 Å². The van der Waals surface area contributed by atoms with Gasteiger partial charge in [-0.1, -0.05) is 22.9 Å². The van der Waals surface area contributed by atoms with E-state index in [1.165, 1.54) is 15.9 Å². The molecule has 0 fully saturated rings. The number of halogens is 1. The van der Waals surface area contributed by atoms with E-state index in [0.29, 0.717) is 78.4 Å². The minimum atomic E-state index is -0.834. The summed E-state index contributed by atoms with van der Waals surface area (Å²) in [4.78, 5) is 47.9. The van der Waals surface area contributed by atoms with E-state index < -0.39 is 12.0 Å². The lowest BCUT2D eigenvalue weighted by Gasteiger charge is -2.30. The standard InChI is InChI=1S/C35H36ClN3O7S/c1-8-38(9-2)33(41)30-20(5)37-35-39(31(30)26-17-22(43-6)11-14-27(26)44-7)32(40)29(47-35)18-23-12-15-28(46-23)25-16-21(36)10-13-24(25)34(42)45-19(3)4/h10-19,31H,8-9H2,1-7H3/b29-18-/t31-/m1/s1. The second-order valence-corrected chi connectivity index (χ2v) is 12.5. The van der Waals surface area contributed by atoms with Gasteiger partial charge in [0.15, 0.2) is 4.80 Å². The number of fused-ring (bicyclic) bond motifs is 1. The van der Waals surface area contributed by atoms with Gasteiger partial charge in [-0.25, -0.2) is 9.79 Å². The van der Waals surface area contributed by atoms with Crippen molar-refractivity contribution in [3.05, 3.63) is 101 Å². The predicted octanol–water partition coefficient (Wildman–Crippen LogP) is 5.60. The van der Waals surface area contributed by atoms with E-state index in [2.05, 4.69) is 0 Å². The summed E-state index contributed by atoms with van der Waals surface area (Å²) in [5.41, 5.74) is 1.88. The summed E-state index contributed by atoms with van der Waals surface area (Å²) >= 11 is 7.46. The van der Waals surface area contributed by atoms with Gasteiger partial charge >= 0.3 is 5.97 Å². The summed E-state index contributed by atoms with van der Waals surface area (Å²) in [7, 11) is 3.09. The first-order valence-corrected chi connectivity index (χ1v) is 16.3. The highest BCUT2D eigenvalue weighted by Gasteiger charge is 2.36. The molecule has 0 radical (unpaired) electrons. The monoisotopic (exact) mass is 677 g/mol. The van der Waals surface area contributed by atoms with Gasteiger partial charge in [0.25, 0.3) is 11.5 Å². The van der Waals surface area contributed by atoms with Gasteiger partial charge in [-0.15, -0.1) is 0 Å². The molecule has 0 saturated carbocycles. The molecule has 12 heteroatoms. The molecule has 0 aliphatic carbocycles. The van der Waals surface area contributed by atoms with Crippen molar-refractivity contribution in [2.24, 2.45) is 4.99 Å². The van der Waals surface area contributed by atoms with E-state index in [4.69, 9.17) is 35.2 Å². The fourth-order valence-corrected chi connectivity index (χ4v) is 6.70. The molecule has 4 aromatic rings. The molecule has 0 bridgehead atoms. The molecule has 1 aliphatic rings. The second kappa shape index (κ2) is 14.0. The van der Waals surface area contributed by atoms with Gasteiger partial charge in [0.1, 0.15) is 29.1 Å². The number of aromatic nitrogens is 1. The topological polar surface area (TPSA) is 113 Å². The zero-order valence-corrected chi connectivity index (χ0v) is 28.8. The summed E-state index contributed by atoms with van der Waals surface area (Å²) in [6.07, 6.45) is 1.31. The number of hydrogen-bond acceptors (Lipinski definition) is 9. The number of rotatable bonds is 10. The number of carbonyl (C=O) groups is 2. The SMILES string of the molecule is CCN(CC)C(=O)C1=C(C)N=c2s/c(=C\c3ccc(-c4cc(Cl)ccc4C(=O)OC(C)C)o3)c(=O)n2[C@@H]1c1cc(OC)ccc1OC. The van der Waals surface area contributed by atoms with E-state index in [0.717, 1.165) is 0 Å². The number of furan rings is 1. The number of amides is 1. The molecule has 1 aliphatic heterocycles. The van der Waals surface area contributed by atoms with Crippen molar-refractivity contribution in [3.63, 3.8) is 0 Å². The van der Waals surface area contributed by atoms with Gasteiger partial charge in [0, 0.05) is 35.3 Å². The molecule has 246 valence electrons. The van der Waals surface area contributed by atoms with Crippen LogP contribution < -0.4 is 24.4 Å². The molecule has 10 nitrogen and oxygen atoms in total. The van der Waals surface area contributed by atoms with Crippen LogP contribution in [0, 0.1) is 0 Å². The molecule has 0 spiro atoms. The van der Waals surface area contributed by atoms with Crippen molar-refractivity contribution in [1.82, 2.24) is 9.47 Å². The highest BCUT2D eigenvalue weighted by atomic mass is 35.5. The van der Waals surface area contributed by atoms with Crippen LogP contribution >= 0.6 is 22.9 Å². The second-order valence-electron chi connectivity index (χ2n) is 11.0. The third kappa shape index (κ3) is 6.63. The van der Waals surface area contributed by atoms with Crippen LogP contribution in [-0.4, -0.2) is 54.8 Å². The number of hydrogen-bond donors (Lipinski definition) is 0. The Kier molecular flexibility index (Phi) is 10.1. The molecule has 47 heavy (non-hydrogen) atoms. The lowest BCUT2D eigenvalue weighted by Crippen LogP contribution is -2.43. The minimum Gasteiger partial charge on any atom is -0.497 e. The largest absolute Gasteiger partial charge is 0.497 e. The molecule has 0 saturated heterocycles. The van der Waals surface area contributed by atoms with Crippen LogP contribution in [0.2, 0.25) is 5.02 Å². The summed E-state index contributed by atoms with van der Waals surface area (Å²) in [6.45, 7) is 10.1. The van der Waals surface area contributed by atoms with Crippen LogP contribution in [0.5, 0.6) is 11.5 Å². The molecule has 2 aromatic carbocycles. The quantitative estimate of drug-likeness (QED) is 0.201. The number of esters is 1. The molecule has 0 N–H and O–H groups in total. The Morgan fingerprint density at radius 2 is 1.83 bits per heavy atom. The first-order chi connectivity index (χ1) is 22.5. The third-order valence-corrected chi connectivity index (χ3v) is 8.96. The number of thiazole rings is 1. The van der Waals surface area contributed by atoms with Crippen molar-refractivity contribution in [2.75, 3.05) is 27.3 Å². The first-order valence-electron chi connectivity index (χ1n) is 15.2. The molecule has 1 amide bonds. The number of carbonyl (C=O) groups excluding carboxylic acids is 2. The fraction of sp³-hybridized carbons (Fsp3) is 0.314. The third-order valence-electron chi connectivity index (χ3n) is 7.74. The van der Waals surface area contributed by atoms with Crippen LogP contribution in [0.15, 0.2) is 74.0 Å². The number of likely N-dealkylation sites (N-methyl/N-ethyl adjacent to an activating group) is 1. The summed E-state index contributed by atoms with van der Waals surface area (Å²) in [5.74, 6) is 1.07. The van der Waals surface area contributed by atoms with Crippen LogP contribution in [0.25, 0.3) is 17.4 Å². The van der Waals surface area contributed by atoms with E-state index in [9.17, 15) is 14.4 Å². The zero-order chi connectivity index (χ0) is 34.0. The average Bonchev–Trinajstić information content (AvgIpc) is 3.63. The number of methoxy groups -OCH3 is 2. The summed E-state index contributed by atoms with van der Waals surface area (Å²) in [5, 5.41) is 0.422. The van der Waals surface area contributed by atoms with Crippen LogP contribution in [0.3, 0.4) is 0 Å². The van der Waals surface area contributed by atoms with Crippen LogP contribution in [0.1, 0.15) is 62.3 Å². The average molecular weight is 678 g/mol. The van der Waals surface area contributed by atoms with Crippen LogP contribution in [-0.2, 0) is 9.53 Å². The summed E-state index contributed by atoms with van der Waals surface area (Å²) < 4.78 is 24.6. The highest BCUT2D eigenvalue weighted by Crippen LogP contribution is 2.38. The molecular formula is C35H36ClN3O7S. The lowest BCUT2D eigenvalue weighted by molar-refractivity contribution is -0.127. The van der Waals surface area contributed by atoms with Gasteiger partial charge in [0.2, 0.25) is 0 Å². The molecular weight excluding hydrogens is 642 g/mol. The van der Waals surface area contributed by atoms with E-state index in [1.807, 2.05) is 13.8 Å². The molecule has 2 aromatic heterocycles. The molecule has 5 rings (SSSR count). The Morgan fingerprint density at radius 1 is 1.09 bits per heavy atom. The first kappa shape index (κ1) is 33.7. The van der Waals surface area contributed by atoms with Gasteiger partial charge in [-0.3, -0.25) is 14.2 Å². The number of nitrogens with zero attached hydrogens (tertiary/aromatic N) is 3. The summed E-state index contributed by atoms with van der Waals surface area (Å²) in [6, 6.07) is 12.7. The Morgan fingerprint density at radius 3 is 2.49 bits per heavy atom. The smallest absolute Gasteiger partial charge is 0.339 e. The van der Waals surface area contributed by atoms with Crippen molar-refractivity contribution in [3.8, 4) is 22.8 Å². The van der Waals surface area contributed by atoms with E-state index in [1.54, 1.807) is 94.5 Å². The van der Waals surface area contributed by atoms with Gasteiger partial charge < -0.3 is 23.5 Å². The van der Waals surface area contributed by atoms with Gasteiger partial charge in [-0.2, -0.15) is 0 Å². The molecule has 1 atom stereocenters. The van der Waals surface area contributed by atoms with E-state index in [-0.39, 0.29) is 17.6 Å². The Bertz CT molecular complexity index is 2050. The maximum atomic E-state index is 14.2. The number of benzene rings is 2. The highest BCUT2D eigenvalue weighted by molar-refractivity contribution is 7.07. The lowest BCUT2D eigenvalue weighted by atomic mass is 9.93. The number of allylic oxidation sites excluding steroid dienone is 1. The normalized spacial score (nSPS) is 14.6. The zero-order valence-electron chi connectivity index (χ0n) is 27.3.